The van der Waals surface area contributed by atoms with Gasteiger partial charge in [-0.3, -0.25) is 10.1 Å². The molecule has 24 heavy (non-hydrogen) atoms. The largest absolute Gasteiger partial charge is 0.298 e. The summed E-state index contributed by atoms with van der Waals surface area (Å²) in [6.45, 7) is 6.27. The van der Waals surface area contributed by atoms with Crippen LogP contribution in [0.15, 0.2) is 41.8 Å². The molecule has 3 rings (SSSR count). The Morgan fingerprint density at radius 1 is 1.04 bits per heavy atom. The summed E-state index contributed by atoms with van der Waals surface area (Å²) < 4.78 is 0. The summed E-state index contributed by atoms with van der Waals surface area (Å²) in [4.78, 5) is 16.8. The second-order valence-corrected chi connectivity index (χ2v) is 7.04. The van der Waals surface area contributed by atoms with Crippen molar-refractivity contribution < 1.29 is 4.79 Å². The Hall–Kier alpha value is -2.17. The number of hydrogen-bond donors (Lipinski definition) is 1. The first-order valence-corrected chi connectivity index (χ1v) is 8.80. The Kier molecular flexibility index (Phi) is 4.69. The van der Waals surface area contributed by atoms with E-state index in [1.807, 2.05) is 5.38 Å². The standard InChI is InChI=1S/C19H17ClN2OS/c1-11-8-13(3)16(9-12(11)2)17-10-24-19(21-17)22-18(23)14-4-6-15(20)7-5-14/h4-10H,1-3H3,(H,21,22,23). The number of anilines is 1. The molecule has 0 spiro atoms. The summed E-state index contributed by atoms with van der Waals surface area (Å²) in [6, 6.07) is 11.1. The molecule has 1 heterocycles. The molecule has 3 aromatic rings. The van der Waals surface area contributed by atoms with E-state index in [0.29, 0.717) is 15.7 Å². The van der Waals surface area contributed by atoms with E-state index in [-0.39, 0.29) is 5.91 Å². The van der Waals surface area contributed by atoms with Gasteiger partial charge in [-0.05, 0) is 67.8 Å². The van der Waals surface area contributed by atoms with Gasteiger partial charge in [0.15, 0.2) is 5.13 Å². The fraction of sp³-hybridized carbons (Fsp3) is 0.158. The van der Waals surface area contributed by atoms with Crippen molar-refractivity contribution >= 4 is 34.0 Å². The molecule has 3 nitrogen and oxygen atoms in total. The summed E-state index contributed by atoms with van der Waals surface area (Å²) >= 11 is 7.26. The van der Waals surface area contributed by atoms with Gasteiger partial charge in [-0.15, -0.1) is 11.3 Å². The van der Waals surface area contributed by atoms with Crippen molar-refractivity contribution in [3.63, 3.8) is 0 Å². The molecule has 0 unspecified atom stereocenters. The second-order valence-electron chi connectivity index (χ2n) is 5.75. The van der Waals surface area contributed by atoms with E-state index in [1.54, 1.807) is 24.3 Å². The van der Waals surface area contributed by atoms with Crippen molar-refractivity contribution in [2.45, 2.75) is 20.8 Å². The maximum absolute atomic E-state index is 12.2. The first kappa shape index (κ1) is 16.7. The van der Waals surface area contributed by atoms with Gasteiger partial charge in [0, 0.05) is 21.5 Å². The molecule has 122 valence electrons. The Labute approximate surface area is 150 Å². The molecule has 0 radical (unpaired) electrons. The van der Waals surface area contributed by atoms with Crippen LogP contribution in [0, 0.1) is 20.8 Å². The van der Waals surface area contributed by atoms with Crippen LogP contribution in [0.5, 0.6) is 0 Å². The van der Waals surface area contributed by atoms with Gasteiger partial charge in [-0.25, -0.2) is 4.98 Å². The lowest BCUT2D eigenvalue weighted by Gasteiger charge is -2.07. The number of rotatable bonds is 3. The summed E-state index contributed by atoms with van der Waals surface area (Å²) in [6.07, 6.45) is 0. The van der Waals surface area contributed by atoms with Gasteiger partial charge in [-0.1, -0.05) is 17.7 Å². The monoisotopic (exact) mass is 356 g/mol. The maximum Gasteiger partial charge on any atom is 0.257 e. The number of amides is 1. The predicted octanol–water partition coefficient (Wildman–Crippen LogP) is 5.64. The van der Waals surface area contributed by atoms with Crippen LogP contribution in [0.25, 0.3) is 11.3 Å². The Balaban J connectivity index is 1.82. The van der Waals surface area contributed by atoms with Crippen molar-refractivity contribution in [3.8, 4) is 11.3 Å². The number of nitrogens with zero attached hydrogens (tertiary/aromatic N) is 1. The SMILES string of the molecule is Cc1cc(C)c(-c2csc(NC(=O)c3ccc(Cl)cc3)n2)cc1C. The fourth-order valence-corrected chi connectivity index (χ4v) is 3.29. The molecule has 0 aliphatic heterocycles. The highest BCUT2D eigenvalue weighted by molar-refractivity contribution is 7.14. The number of aromatic nitrogens is 1. The lowest BCUT2D eigenvalue weighted by molar-refractivity contribution is 0.102. The molecule has 0 saturated carbocycles. The number of halogens is 1. The van der Waals surface area contributed by atoms with Crippen molar-refractivity contribution in [2.24, 2.45) is 0 Å². The zero-order chi connectivity index (χ0) is 17.3. The minimum Gasteiger partial charge on any atom is -0.298 e. The minimum atomic E-state index is -0.190. The highest BCUT2D eigenvalue weighted by atomic mass is 35.5. The van der Waals surface area contributed by atoms with Crippen LogP contribution < -0.4 is 5.32 Å². The number of carbonyl (C=O) groups is 1. The molecule has 1 aromatic heterocycles. The highest BCUT2D eigenvalue weighted by Gasteiger charge is 2.12. The molecule has 2 aromatic carbocycles. The first-order valence-electron chi connectivity index (χ1n) is 7.54. The van der Waals surface area contributed by atoms with Crippen LogP contribution in [-0.4, -0.2) is 10.9 Å². The molecule has 1 N–H and O–H groups in total. The van der Waals surface area contributed by atoms with Gasteiger partial charge in [0.1, 0.15) is 0 Å². The van der Waals surface area contributed by atoms with Crippen LogP contribution in [0.1, 0.15) is 27.0 Å². The number of hydrogen-bond acceptors (Lipinski definition) is 3. The summed E-state index contributed by atoms with van der Waals surface area (Å²) in [5.74, 6) is -0.190. The second kappa shape index (κ2) is 6.75. The number of aryl methyl sites for hydroxylation is 3. The lowest BCUT2D eigenvalue weighted by atomic mass is 9.99. The van der Waals surface area contributed by atoms with Gasteiger partial charge < -0.3 is 0 Å². The number of nitrogens with one attached hydrogen (secondary N) is 1. The van der Waals surface area contributed by atoms with Crippen LogP contribution in [0.2, 0.25) is 5.02 Å². The molecule has 0 aliphatic carbocycles. The Morgan fingerprint density at radius 2 is 1.71 bits per heavy atom. The minimum absolute atomic E-state index is 0.190. The van der Waals surface area contributed by atoms with Crippen molar-refractivity contribution in [1.82, 2.24) is 4.98 Å². The average Bonchev–Trinajstić information content (AvgIpc) is 2.99. The van der Waals surface area contributed by atoms with Crippen molar-refractivity contribution in [2.75, 3.05) is 5.32 Å². The third kappa shape index (κ3) is 3.50. The van der Waals surface area contributed by atoms with Crippen LogP contribution in [-0.2, 0) is 0 Å². The molecular weight excluding hydrogens is 340 g/mol. The summed E-state index contributed by atoms with van der Waals surface area (Å²) in [7, 11) is 0. The van der Waals surface area contributed by atoms with Crippen molar-refractivity contribution in [1.29, 1.82) is 0 Å². The molecule has 0 aliphatic rings. The Bertz CT molecular complexity index is 900. The first-order chi connectivity index (χ1) is 11.4. The summed E-state index contributed by atoms with van der Waals surface area (Å²) in [5.41, 5.74) is 6.21. The zero-order valence-electron chi connectivity index (χ0n) is 13.7. The van der Waals surface area contributed by atoms with Crippen LogP contribution in [0.4, 0.5) is 5.13 Å². The van der Waals surface area contributed by atoms with Gasteiger partial charge in [0.05, 0.1) is 5.69 Å². The van der Waals surface area contributed by atoms with Gasteiger partial charge >= 0.3 is 0 Å². The summed E-state index contributed by atoms with van der Waals surface area (Å²) in [5, 5.41) is 6.00. The van der Waals surface area contributed by atoms with Gasteiger partial charge in [0.25, 0.3) is 5.91 Å². The normalized spacial score (nSPS) is 10.7. The van der Waals surface area contributed by atoms with Crippen molar-refractivity contribution in [3.05, 3.63) is 69.1 Å². The van der Waals surface area contributed by atoms with E-state index < -0.39 is 0 Å². The molecule has 1 amide bonds. The smallest absolute Gasteiger partial charge is 0.257 e. The third-order valence-corrected chi connectivity index (χ3v) is 4.96. The van der Waals surface area contributed by atoms with E-state index >= 15 is 0 Å². The van der Waals surface area contributed by atoms with E-state index in [4.69, 9.17) is 11.6 Å². The fourth-order valence-electron chi connectivity index (χ4n) is 2.46. The van der Waals surface area contributed by atoms with E-state index in [0.717, 1.165) is 11.3 Å². The molecule has 0 atom stereocenters. The quantitative estimate of drug-likeness (QED) is 0.659. The van der Waals surface area contributed by atoms with Gasteiger partial charge in [0.2, 0.25) is 0 Å². The van der Waals surface area contributed by atoms with E-state index in [2.05, 4.69) is 43.2 Å². The van der Waals surface area contributed by atoms with E-state index in [1.165, 1.54) is 28.0 Å². The third-order valence-electron chi connectivity index (χ3n) is 3.95. The molecule has 0 fully saturated rings. The number of benzene rings is 2. The lowest BCUT2D eigenvalue weighted by Crippen LogP contribution is -2.11. The van der Waals surface area contributed by atoms with Crippen LogP contribution >= 0.6 is 22.9 Å². The van der Waals surface area contributed by atoms with E-state index in [9.17, 15) is 4.79 Å². The van der Waals surface area contributed by atoms with Crippen LogP contribution in [0.3, 0.4) is 0 Å². The van der Waals surface area contributed by atoms with Gasteiger partial charge in [-0.2, -0.15) is 0 Å². The molecule has 0 bridgehead atoms. The molecule has 0 saturated heterocycles. The maximum atomic E-state index is 12.2. The zero-order valence-corrected chi connectivity index (χ0v) is 15.3. The highest BCUT2D eigenvalue weighted by Crippen LogP contribution is 2.29. The predicted molar refractivity (Wildman–Crippen MR) is 101 cm³/mol. The number of carbonyl (C=O) groups excluding carboxylic acids is 1. The topological polar surface area (TPSA) is 42.0 Å². The Morgan fingerprint density at radius 3 is 2.42 bits per heavy atom. The molecular formula is C19H17ClN2OS. The average molecular weight is 357 g/mol. The molecule has 5 heteroatoms. The number of thiazole rings is 1.